The number of hydrogen-bond donors (Lipinski definition) is 3. The van der Waals surface area contributed by atoms with Crippen LogP contribution in [0.4, 0.5) is 4.79 Å². The molecular formula is C32H43NO6. The summed E-state index contributed by atoms with van der Waals surface area (Å²) in [6, 6.07) is 8.01. The summed E-state index contributed by atoms with van der Waals surface area (Å²) < 4.78 is 7.72. The van der Waals surface area contributed by atoms with Crippen LogP contribution in [0.1, 0.15) is 91.8 Å². The molecule has 7 heteroatoms. The summed E-state index contributed by atoms with van der Waals surface area (Å²) in [6.07, 6.45) is 0.395. The van der Waals surface area contributed by atoms with Gasteiger partial charge in [0, 0.05) is 34.8 Å². The average Bonchev–Trinajstić information content (AvgIpc) is 3.32. The zero-order valence-corrected chi connectivity index (χ0v) is 24.3. The molecule has 0 bridgehead atoms. The molecule has 0 spiro atoms. The Balaban J connectivity index is 1.69. The average molecular weight is 538 g/mol. The quantitative estimate of drug-likeness (QED) is 0.495. The molecule has 1 fully saturated rings. The Kier molecular flexibility index (Phi) is 6.49. The van der Waals surface area contributed by atoms with Gasteiger partial charge in [-0.2, -0.15) is 0 Å². The monoisotopic (exact) mass is 537 g/mol. The lowest BCUT2D eigenvalue weighted by atomic mass is 9.48. The summed E-state index contributed by atoms with van der Waals surface area (Å²) in [5.74, 6) is 0.285. The molecule has 2 aromatic rings. The minimum Gasteiger partial charge on any atom is -0.443 e. The Morgan fingerprint density at radius 1 is 1.13 bits per heavy atom. The van der Waals surface area contributed by atoms with E-state index >= 15 is 0 Å². The number of nitrogens with zero attached hydrogens (tertiary/aromatic N) is 1. The molecule has 1 aromatic carbocycles. The first-order valence-electron chi connectivity index (χ1n) is 14.2. The predicted octanol–water partition coefficient (Wildman–Crippen LogP) is 5.20. The van der Waals surface area contributed by atoms with Gasteiger partial charge in [-0.15, -0.1) is 0 Å². The molecule has 39 heavy (non-hydrogen) atoms. The van der Waals surface area contributed by atoms with Crippen molar-refractivity contribution in [2.75, 3.05) is 0 Å². The fourth-order valence-electron chi connectivity index (χ4n) is 7.82. The molecule has 0 unspecified atom stereocenters. The van der Waals surface area contributed by atoms with Crippen LogP contribution in [0, 0.1) is 11.3 Å². The van der Waals surface area contributed by atoms with Crippen molar-refractivity contribution in [1.29, 1.82) is 0 Å². The van der Waals surface area contributed by atoms with Crippen LogP contribution in [0.3, 0.4) is 0 Å². The number of aromatic nitrogens is 1. The van der Waals surface area contributed by atoms with Crippen LogP contribution in [0.2, 0.25) is 0 Å². The minimum absolute atomic E-state index is 0.00238. The Morgan fingerprint density at radius 2 is 1.79 bits per heavy atom. The molecule has 1 saturated carbocycles. The zero-order chi connectivity index (χ0) is 28.7. The minimum atomic E-state index is -1.50. The first kappa shape index (κ1) is 28.1. The van der Waals surface area contributed by atoms with E-state index < -0.39 is 40.3 Å². The number of para-hydroxylation sites is 1. The van der Waals surface area contributed by atoms with Crippen LogP contribution < -0.4 is 0 Å². The molecule has 1 aromatic heterocycles. The summed E-state index contributed by atoms with van der Waals surface area (Å²) in [6.45, 7) is 13.0. The summed E-state index contributed by atoms with van der Waals surface area (Å²) in [5, 5.41) is 32.8. The lowest BCUT2D eigenvalue weighted by Crippen LogP contribution is -2.53. The first-order chi connectivity index (χ1) is 18.0. The number of Topliss-reactive ketones (excluding diaryl/α,β-unsaturated/α-hetero) is 1. The topological polar surface area (TPSA) is 109 Å². The van der Waals surface area contributed by atoms with Gasteiger partial charge in [-0.1, -0.05) is 37.6 Å². The largest absolute Gasteiger partial charge is 0.443 e. The van der Waals surface area contributed by atoms with Crippen molar-refractivity contribution >= 4 is 22.8 Å². The maximum absolute atomic E-state index is 13.8. The zero-order valence-electron chi connectivity index (χ0n) is 24.3. The molecular weight excluding hydrogens is 494 g/mol. The molecule has 3 aliphatic rings. The van der Waals surface area contributed by atoms with E-state index in [1.54, 1.807) is 4.57 Å². The summed E-state index contributed by atoms with van der Waals surface area (Å²) in [5.41, 5.74) is 1.57. The van der Waals surface area contributed by atoms with Crippen LogP contribution in [0.15, 0.2) is 35.4 Å². The summed E-state index contributed by atoms with van der Waals surface area (Å²) in [7, 11) is 0. The first-order valence-corrected chi connectivity index (χ1v) is 14.2. The van der Waals surface area contributed by atoms with E-state index in [0.717, 1.165) is 41.4 Å². The standard InChI is InChI=1S/C32H43NO6/c1-29(2,3)39-28(37)33-23-11-9-8-10-19(23)20-16-18-12-13-22-21(17-25(35)27(36)30(4,5)38)24(34)14-15-31(22,6)32(18,7)26(20)33/h8-11,18,25,27,35-36,38H,12-17H2,1-7H3/t18-,25+,27-,31-,32+/m0/s1. The van der Waals surface area contributed by atoms with Crippen LogP contribution in [-0.4, -0.2) is 55.2 Å². The van der Waals surface area contributed by atoms with Crippen LogP contribution in [0.5, 0.6) is 0 Å². The molecule has 0 saturated heterocycles. The van der Waals surface area contributed by atoms with Crippen molar-refractivity contribution in [1.82, 2.24) is 4.57 Å². The lowest BCUT2D eigenvalue weighted by Gasteiger charge is -2.56. The Morgan fingerprint density at radius 3 is 2.44 bits per heavy atom. The van der Waals surface area contributed by atoms with Crippen molar-refractivity contribution in [2.24, 2.45) is 11.3 Å². The highest BCUT2D eigenvalue weighted by atomic mass is 16.6. The number of carbonyl (C=O) groups is 2. The molecule has 0 aliphatic heterocycles. The molecule has 212 valence electrons. The van der Waals surface area contributed by atoms with Crippen molar-refractivity contribution in [3.8, 4) is 0 Å². The SMILES string of the molecule is CC(C)(C)OC(=O)n1c2c(c3ccccc31)C[C@@H]1CCC3=C(C[C@@H](O)[C@H](O)C(C)(C)O)C(=O)CC[C@]3(C)[C@@]21C. The van der Waals surface area contributed by atoms with E-state index in [9.17, 15) is 24.9 Å². The normalized spacial score (nSPS) is 28.7. The second kappa shape index (κ2) is 9.02. The van der Waals surface area contributed by atoms with Gasteiger partial charge in [0.25, 0.3) is 0 Å². The van der Waals surface area contributed by atoms with Crippen molar-refractivity contribution < 1.29 is 29.6 Å². The number of ketones is 1. The van der Waals surface area contributed by atoms with Crippen molar-refractivity contribution in [3.63, 3.8) is 0 Å². The number of rotatable bonds is 4. The summed E-state index contributed by atoms with van der Waals surface area (Å²) in [4.78, 5) is 27.1. The third-order valence-corrected chi connectivity index (χ3v) is 9.92. The molecule has 0 amide bonds. The second-order valence-electron chi connectivity index (χ2n) is 13.9. The van der Waals surface area contributed by atoms with Gasteiger partial charge in [-0.25, -0.2) is 9.36 Å². The Hall–Kier alpha value is -2.48. The number of allylic oxidation sites excluding steroid dienone is 1. The van der Waals surface area contributed by atoms with Gasteiger partial charge in [0.05, 0.1) is 17.2 Å². The highest BCUT2D eigenvalue weighted by Gasteiger charge is 2.62. The number of ether oxygens (including phenoxy) is 1. The number of fused-ring (bicyclic) bond motifs is 7. The van der Waals surface area contributed by atoms with Gasteiger partial charge in [0.1, 0.15) is 11.7 Å². The van der Waals surface area contributed by atoms with Crippen LogP contribution >= 0.6 is 0 Å². The van der Waals surface area contributed by atoms with E-state index in [2.05, 4.69) is 19.9 Å². The fourth-order valence-corrected chi connectivity index (χ4v) is 7.82. The van der Waals surface area contributed by atoms with Gasteiger partial charge in [0.15, 0.2) is 5.78 Å². The molecule has 7 nitrogen and oxygen atoms in total. The third kappa shape index (κ3) is 4.20. The van der Waals surface area contributed by atoms with E-state index in [0.29, 0.717) is 18.4 Å². The maximum atomic E-state index is 13.8. The maximum Gasteiger partial charge on any atom is 0.419 e. The van der Waals surface area contributed by atoms with Crippen molar-refractivity contribution in [2.45, 2.75) is 116 Å². The lowest BCUT2D eigenvalue weighted by molar-refractivity contribution is -0.121. The summed E-state index contributed by atoms with van der Waals surface area (Å²) >= 11 is 0. The third-order valence-electron chi connectivity index (χ3n) is 9.92. The van der Waals surface area contributed by atoms with E-state index in [-0.39, 0.29) is 18.1 Å². The van der Waals surface area contributed by atoms with Gasteiger partial charge in [-0.3, -0.25) is 4.79 Å². The number of benzene rings is 1. The van der Waals surface area contributed by atoms with Gasteiger partial charge >= 0.3 is 6.09 Å². The fraction of sp³-hybridized carbons (Fsp3) is 0.625. The highest BCUT2D eigenvalue weighted by molar-refractivity contribution is 5.98. The van der Waals surface area contributed by atoms with Crippen LogP contribution in [0.25, 0.3) is 10.9 Å². The Bertz CT molecular complexity index is 1370. The van der Waals surface area contributed by atoms with Crippen molar-refractivity contribution in [3.05, 3.63) is 46.7 Å². The molecule has 3 aliphatic carbocycles. The number of carbonyl (C=O) groups excluding carboxylic acids is 2. The second-order valence-corrected chi connectivity index (χ2v) is 13.9. The molecule has 0 radical (unpaired) electrons. The van der Waals surface area contributed by atoms with E-state index in [4.69, 9.17) is 4.74 Å². The van der Waals surface area contributed by atoms with Gasteiger partial charge < -0.3 is 20.1 Å². The number of aliphatic hydroxyl groups excluding tert-OH is 2. The molecule has 5 atom stereocenters. The smallest absolute Gasteiger partial charge is 0.419 e. The predicted molar refractivity (Wildman–Crippen MR) is 150 cm³/mol. The number of aliphatic hydroxyl groups is 3. The number of hydrogen-bond acceptors (Lipinski definition) is 6. The molecule has 1 heterocycles. The van der Waals surface area contributed by atoms with E-state index in [1.165, 1.54) is 19.4 Å². The van der Waals surface area contributed by atoms with Crippen LogP contribution in [-0.2, 0) is 21.4 Å². The highest BCUT2D eigenvalue weighted by Crippen LogP contribution is 2.66. The molecule has 3 N–H and O–H groups in total. The van der Waals surface area contributed by atoms with Gasteiger partial charge in [-0.05, 0) is 83.4 Å². The van der Waals surface area contributed by atoms with Gasteiger partial charge in [0.2, 0.25) is 0 Å². The Labute approximate surface area is 230 Å². The van der Waals surface area contributed by atoms with E-state index in [1.807, 2.05) is 39.0 Å². The molecule has 5 rings (SSSR count).